The van der Waals surface area contributed by atoms with Crippen molar-refractivity contribution in [1.82, 2.24) is 9.97 Å². The molecule has 0 spiro atoms. The summed E-state index contributed by atoms with van der Waals surface area (Å²) in [6.07, 6.45) is 0. The molecule has 3 aromatic rings. The first kappa shape index (κ1) is 17.9. The van der Waals surface area contributed by atoms with Gasteiger partial charge in [-0.05, 0) is 12.0 Å². The lowest BCUT2D eigenvalue weighted by molar-refractivity contribution is 0.613. The summed E-state index contributed by atoms with van der Waals surface area (Å²) in [6, 6.07) is 18.4. The van der Waals surface area contributed by atoms with Crippen LogP contribution in [0.1, 0.15) is 19.4 Å². The zero-order chi connectivity index (χ0) is 18.4. The molecule has 0 aliphatic heterocycles. The Morgan fingerprint density at radius 1 is 0.885 bits per heavy atom. The van der Waals surface area contributed by atoms with Gasteiger partial charge in [0.1, 0.15) is 17.5 Å². The molecule has 3 rings (SSSR count). The monoisotopic (exact) mass is 350 g/mol. The van der Waals surface area contributed by atoms with Gasteiger partial charge in [0, 0.05) is 30.3 Å². The second-order valence-electron chi connectivity index (χ2n) is 6.55. The SMILES string of the molecule is CC(C)CNc1cc(NCc2ccccc2F)nc(-c2ccccc2)n1. The first-order valence-corrected chi connectivity index (χ1v) is 8.77. The third-order valence-electron chi connectivity index (χ3n) is 3.87. The summed E-state index contributed by atoms with van der Waals surface area (Å²) < 4.78 is 13.8. The Morgan fingerprint density at radius 3 is 2.23 bits per heavy atom. The van der Waals surface area contributed by atoms with E-state index in [-0.39, 0.29) is 5.82 Å². The van der Waals surface area contributed by atoms with E-state index in [9.17, 15) is 4.39 Å². The Labute approximate surface area is 153 Å². The topological polar surface area (TPSA) is 49.8 Å². The zero-order valence-corrected chi connectivity index (χ0v) is 15.0. The Balaban J connectivity index is 1.85. The molecular formula is C21H23FN4. The summed E-state index contributed by atoms with van der Waals surface area (Å²) >= 11 is 0. The van der Waals surface area contributed by atoms with Crippen LogP contribution >= 0.6 is 0 Å². The van der Waals surface area contributed by atoms with Crippen molar-refractivity contribution in [3.63, 3.8) is 0 Å². The average molecular weight is 350 g/mol. The number of nitrogens with zero attached hydrogens (tertiary/aromatic N) is 2. The molecule has 1 heterocycles. The van der Waals surface area contributed by atoms with Gasteiger partial charge in [-0.25, -0.2) is 14.4 Å². The maximum absolute atomic E-state index is 13.8. The molecule has 2 N–H and O–H groups in total. The Bertz CT molecular complexity index is 850. The molecule has 4 nitrogen and oxygen atoms in total. The number of hydrogen-bond donors (Lipinski definition) is 2. The van der Waals surface area contributed by atoms with Crippen molar-refractivity contribution in [2.45, 2.75) is 20.4 Å². The van der Waals surface area contributed by atoms with E-state index in [1.807, 2.05) is 42.5 Å². The largest absolute Gasteiger partial charge is 0.370 e. The van der Waals surface area contributed by atoms with Crippen molar-refractivity contribution in [3.8, 4) is 11.4 Å². The summed E-state index contributed by atoms with van der Waals surface area (Å²) in [5, 5.41) is 6.55. The number of anilines is 2. The van der Waals surface area contributed by atoms with Crippen LogP contribution in [0.25, 0.3) is 11.4 Å². The maximum Gasteiger partial charge on any atom is 0.163 e. The minimum absolute atomic E-state index is 0.226. The number of halogens is 1. The Morgan fingerprint density at radius 2 is 1.54 bits per heavy atom. The lowest BCUT2D eigenvalue weighted by atomic mass is 10.2. The van der Waals surface area contributed by atoms with Crippen LogP contribution in [0.3, 0.4) is 0 Å². The molecule has 0 unspecified atom stereocenters. The van der Waals surface area contributed by atoms with E-state index in [0.29, 0.717) is 29.7 Å². The predicted octanol–water partition coefficient (Wildman–Crippen LogP) is 4.96. The van der Waals surface area contributed by atoms with Crippen LogP contribution in [0.2, 0.25) is 0 Å². The van der Waals surface area contributed by atoms with Gasteiger partial charge in [0.05, 0.1) is 0 Å². The van der Waals surface area contributed by atoms with Crippen molar-refractivity contribution < 1.29 is 4.39 Å². The zero-order valence-electron chi connectivity index (χ0n) is 15.0. The smallest absolute Gasteiger partial charge is 0.163 e. The molecule has 0 fully saturated rings. The molecule has 0 aliphatic rings. The van der Waals surface area contributed by atoms with Gasteiger partial charge >= 0.3 is 0 Å². The van der Waals surface area contributed by atoms with E-state index in [4.69, 9.17) is 0 Å². The van der Waals surface area contributed by atoms with Gasteiger partial charge in [-0.15, -0.1) is 0 Å². The quantitative estimate of drug-likeness (QED) is 0.632. The molecule has 0 saturated carbocycles. The van der Waals surface area contributed by atoms with Crippen LogP contribution in [0, 0.1) is 11.7 Å². The highest BCUT2D eigenvalue weighted by Crippen LogP contribution is 2.21. The van der Waals surface area contributed by atoms with Crippen LogP contribution in [-0.2, 0) is 6.54 Å². The molecule has 134 valence electrons. The number of rotatable bonds is 7. The average Bonchev–Trinajstić information content (AvgIpc) is 2.66. The molecule has 5 heteroatoms. The van der Waals surface area contributed by atoms with Crippen LogP contribution in [0.5, 0.6) is 0 Å². The molecule has 0 saturated heterocycles. The van der Waals surface area contributed by atoms with Crippen molar-refractivity contribution >= 4 is 11.6 Å². The first-order chi connectivity index (χ1) is 12.6. The van der Waals surface area contributed by atoms with Crippen LogP contribution in [0.4, 0.5) is 16.0 Å². The highest BCUT2D eigenvalue weighted by Gasteiger charge is 2.08. The van der Waals surface area contributed by atoms with Crippen LogP contribution in [-0.4, -0.2) is 16.5 Å². The normalized spacial score (nSPS) is 10.8. The van der Waals surface area contributed by atoms with E-state index in [1.165, 1.54) is 6.07 Å². The van der Waals surface area contributed by atoms with E-state index >= 15 is 0 Å². The molecule has 0 aliphatic carbocycles. The number of aromatic nitrogens is 2. The van der Waals surface area contributed by atoms with Gasteiger partial charge in [0.15, 0.2) is 5.82 Å². The number of hydrogen-bond acceptors (Lipinski definition) is 4. The van der Waals surface area contributed by atoms with E-state index < -0.39 is 0 Å². The van der Waals surface area contributed by atoms with Crippen molar-refractivity contribution in [1.29, 1.82) is 0 Å². The molecule has 2 aromatic carbocycles. The lowest BCUT2D eigenvalue weighted by Gasteiger charge is -2.13. The van der Waals surface area contributed by atoms with Gasteiger partial charge in [-0.1, -0.05) is 62.4 Å². The number of benzene rings is 2. The van der Waals surface area contributed by atoms with Crippen molar-refractivity contribution in [2.75, 3.05) is 17.2 Å². The molecule has 0 amide bonds. The summed E-state index contributed by atoms with van der Waals surface area (Å²) in [5.41, 5.74) is 1.54. The molecule has 0 bridgehead atoms. The van der Waals surface area contributed by atoms with Gasteiger partial charge in [-0.2, -0.15) is 0 Å². The van der Waals surface area contributed by atoms with Gasteiger partial charge in [0.25, 0.3) is 0 Å². The van der Waals surface area contributed by atoms with E-state index in [2.05, 4.69) is 34.4 Å². The molecule has 26 heavy (non-hydrogen) atoms. The van der Waals surface area contributed by atoms with E-state index in [0.717, 1.165) is 17.9 Å². The van der Waals surface area contributed by atoms with Crippen LogP contribution in [0.15, 0.2) is 60.7 Å². The lowest BCUT2D eigenvalue weighted by Crippen LogP contribution is -2.11. The molecule has 1 aromatic heterocycles. The summed E-state index contributed by atoms with van der Waals surface area (Å²) in [5.74, 6) is 2.32. The third-order valence-corrected chi connectivity index (χ3v) is 3.87. The molecule has 0 atom stereocenters. The Hall–Kier alpha value is -2.95. The van der Waals surface area contributed by atoms with Crippen LogP contribution < -0.4 is 10.6 Å². The second-order valence-corrected chi connectivity index (χ2v) is 6.55. The minimum Gasteiger partial charge on any atom is -0.370 e. The third kappa shape index (κ3) is 4.79. The second kappa shape index (κ2) is 8.43. The fourth-order valence-corrected chi connectivity index (χ4v) is 2.48. The van der Waals surface area contributed by atoms with Crippen molar-refractivity contribution in [2.24, 2.45) is 5.92 Å². The standard InChI is InChI=1S/C21H23FN4/c1-15(2)13-23-19-12-20(24-14-17-10-6-7-11-18(17)22)26-21(25-19)16-8-4-3-5-9-16/h3-12,15H,13-14H2,1-2H3,(H2,23,24,25,26). The summed E-state index contributed by atoms with van der Waals surface area (Å²) in [4.78, 5) is 9.20. The van der Waals surface area contributed by atoms with E-state index in [1.54, 1.807) is 12.1 Å². The highest BCUT2D eigenvalue weighted by molar-refractivity contribution is 5.61. The maximum atomic E-state index is 13.8. The molecular weight excluding hydrogens is 327 g/mol. The fourth-order valence-electron chi connectivity index (χ4n) is 2.48. The summed E-state index contributed by atoms with van der Waals surface area (Å²) in [6.45, 7) is 5.47. The van der Waals surface area contributed by atoms with Gasteiger partial charge < -0.3 is 10.6 Å². The predicted molar refractivity (Wildman–Crippen MR) is 105 cm³/mol. The number of nitrogens with one attached hydrogen (secondary N) is 2. The van der Waals surface area contributed by atoms with Gasteiger partial charge in [0.2, 0.25) is 0 Å². The fraction of sp³-hybridized carbons (Fsp3) is 0.238. The van der Waals surface area contributed by atoms with Gasteiger partial charge in [-0.3, -0.25) is 0 Å². The highest BCUT2D eigenvalue weighted by atomic mass is 19.1. The van der Waals surface area contributed by atoms with Crippen molar-refractivity contribution in [3.05, 3.63) is 72.0 Å². The molecule has 0 radical (unpaired) electrons. The first-order valence-electron chi connectivity index (χ1n) is 8.77. The summed E-state index contributed by atoms with van der Waals surface area (Å²) in [7, 11) is 0. The Kier molecular flexibility index (Phi) is 5.79. The minimum atomic E-state index is -0.226.